The maximum Gasteiger partial charge on any atom is 0.312 e. The lowest BCUT2D eigenvalue weighted by Gasteiger charge is -3.09. The molecule has 4 heteroatoms. The van der Waals surface area contributed by atoms with E-state index < -0.39 is 0 Å². The Balaban J connectivity index is 1.59. The molecule has 0 N–H and O–H groups in total. The molecule has 6 fully saturated rings. The molecule has 0 atom stereocenters. The van der Waals surface area contributed by atoms with Gasteiger partial charge in [-0.3, -0.25) is 9.59 Å². The lowest BCUT2D eigenvalue weighted by Crippen LogP contribution is -3.11. The molecule has 78 valence electrons. The zero-order valence-corrected chi connectivity index (χ0v) is 8.82. The average Bonchev–Trinajstić information content (AvgIpc) is 2.27. The molecule has 0 aromatic heterocycles. The minimum atomic E-state index is -0.155. The predicted octanol–water partition coefficient (Wildman–Crippen LogP) is 0.663. The van der Waals surface area contributed by atoms with E-state index in [2.05, 4.69) is 0 Å². The third kappa shape index (κ3) is 0.325. The molecule has 0 aromatic rings. The molecule has 0 heterocycles. The fourth-order valence-corrected chi connectivity index (χ4v) is 6.88. The van der Waals surface area contributed by atoms with Crippen LogP contribution in [0, 0.1) is 46.3 Å². The number of hydrogen-bond acceptors (Lipinski definition) is 3. The topological polar surface area (TPSA) is 43.4 Å². The molecule has 0 bridgehead atoms. The molecule has 0 unspecified atom stereocenters. The first-order valence-corrected chi connectivity index (χ1v) is 5.82. The van der Waals surface area contributed by atoms with Crippen molar-refractivity contribution in [1.82, 2.24) is 0 Å². The number of methoxy groups -OCH3 is 1. The van der Waals surface area contributed by atoms with Gasteiger partial charge in [0.05, 0.1) is 17.9 Å². The standard InChI is InChI=1S/C11H9ClO3/c1-15-9(14)11-5-2-6(11)4-7(11)3(5)10(2,4)8(12)13/h2-7H,1H3. The van der Waals surface area contributed by atoms with Crippen LogP contribution in [0.3, 0.4) is 0 Å². The Morgan fingerprint density at radius 2 is 1.40 bits per heavy atom. The maximum absolute atomic E-state index is 11.7. The molecule has 0 aliphatic heterocycles. The van der Waals surface area contributed by atoms with Crippen LogP contribution in [0.1, 0.15) is 0 Å². The number of halogens is 1. The highest BCUT2D eigenvalue weighted by atomic mass is 35.5. The molecule has 0 radical (unpaired) electrons. The summed E-state index contributed by atoms with van der Waals surface area (Å²) in [4.78, 5) is 23.2. The zero-order valence-electron chi connectivity index (χ0n) is 8.07. The van der Waals surface area contributed by atoms with Gasteiger partial charge in [0.15, 0.2) is 0 Å². The van der Waals surface area contributed by atoms with Crippen LogP contribution >= 0.6 is 11.6 Å². The van der Waals surface area contributed by atoms with Gasteiger partial charge in [0.25, 0.3) is 0 Å². The van der Waals surface area contributed by atoms with E-state index in [1.165, 1.54) is 7.11 Å². The van der Waals surface area contributed by atoms with Crippen molar-refractivity contribution in [3.05, 3.63) is 0 Å². The summed E-state index contributed by atoms with van der Waals surface area (Å²) in [5.41, 5.74) is -0.292. The van der Waals surface area contributed by atoms with E-state index in [-0.39, 0.29) is 22.0 Å². The highest BCUT2D eigenvalue weighted by Gasteiger charge is 3.13. The second-order valence-corrected chi connectivity index (χ2v) is 6.13. The molecular weight excluding hydrogens is 216 g/mol. The van der Waals surface area contributed by atoms with Crippen molar-refractivity contribution < 1.29 is 14.3 Å². The average molecular weight is 225 g/mol. The molecule has 0 saturated heterocycles. The van der Waals surface area contributed by atoms with Crippen LogP contribution < -0.4 is 0 Å². The van der Waals surface area contributed by atoms with Gasteiger partial charge in [-0.05, 0) is 47.1 Å². The quantitative estimate of drug-likeness (QED) is 0.511. The number of carbonyl (C=O) groups is 2. The molecule has 6 aliphatic carbocycles. The summed E-state index contributed by atoms with van der Waals surface area (Å²) in [6.45, 7) is 0. The van der Waals surface area contributed by atoms with E-state index in [0.29, 0.717) is 35.5 Å². The number of hydrogen-bond donors (Lipinski definition) is 0. The van der Waals surface area contributed by atoms with Crippen LogP contribution in [-0.4, -0.2) is 18.3 Å². The van der Waals surface area contributed by atoms with Crippen LogP contribution in [-0.2, 0) is 14.3 Å². The Labute approximate surface area is 91.1 Å². The molecule has 6 saturated carbocycles. The Morgan fingerprint density at radius 1 is 1.00 bits per heavy atom. The molecule has 6 aliphatic rings. The van der Waals surface area contributed by atoms with Gasteiger partial charge in [-0.15, -0.1) is 0 Å². The van der Waals surface area contributed by atoms with E-state index in [0.717, 1.165) is 0 Å². The van der Waals surface area contributed by atoms with E-state index in [1.54, 1.807) is 0 Å². The third-order valence-electron chi connectivity index (χ3n) is 6.51. The van der Waals surface area contributed by atoms with Crippen molar-refractivity contribution in [3.8, 4) is 0 Å². The maximum atomic E-state index is 11.7. The Hall–Kier alpha value is -0.570. The first-order valence-electron chi connectivity index (χ1n) is 5.44. The van der Waals surface area contributed by atoms with Crippen LogP contribution in [0.25, 0.3) is 0 Å². The van der Waals surface area contributed by atoms with Gasteiger partial charge in [0, 0.05) is 0 Å². The zero-order chi connectivity index (χ0) is 10.3. The normalized spacial score (nSPS) is 72.4. The molecule has 0 amide bonds. The van der Waals surface area contributed by atoms with Crippen molar-refractivity contribution in [2.24, 2.45) is 46.3 Å². The second-order valence-electron chi connectivity index (χ2n) is 5.79. The SMILES string of the molecule is COC(=O)C12C3C4C1C1C2C3C41C(=O)Cl. The first-order chi connectivity index (χ1) is 7.16. The van der Waals surface area contributed by atoms with Gasteiger partial charge in [0.1, 0.15) is 0 Å². The van der Waals surface area contributed by atoms with Gasteiger partial charge < -0.3 is 4.74 Å². The smallest absolute Gasteiger partial charge is 0.312 e. The monoisotopic (exact) mass is 224 g/mol. The Kier molecular flexibility index (Phi) is 0.799. The minimum Gasteiger partial charge on any atom is -0.469 e. The molecule has 3 nitrogen and oxygen atoms in total. The lowest BCUT2D eigenvalue weighted by molar-refractivity contribution is -0.624. The van der Waals surface area contributed by atoms with E-state index in [1.807, 2.05) is 0 Å². The summed E-state index contributed by atoms with van der Waals surface area (Å²) < 4.78 is 4.90. The Bertz CT molecular complexity index is 415. The van der Waals surface area contributed by atoms with Crippen LogP contribution in [0.2, 0.25) is 0 Å². The summed E-state index contributed by atoms with van der Waals surface area (Å²) in [6.07, 6.45) is 0. The van der Waals surface area contributed by atoms with Crippen LogP contribution in [0.15, 0.2) is 0 Å². The highest BCUT2D eigenvalue weighted by molar-refractivity contribution is 6.65. The van der Waals surface area contributed by atoms with Gasteiger partial charge in [-0.1, -0.05) is 0 Å². The fourth-order valence-electron chi connectivity index (χ4n) is 6.51. The third-order valence-corrected chi connectivity index (χ3v) is 6.84. The predicted molar refractivity (Wildman–Crippen MR) is 48.7 cm³/mol. The summed E-state index contributed by atoms with van der Waals surface area (Å²) in [5, 5.41) is -0.135. The van der Waals surface area contributed by atoms with E-state index >= 15 is 0 Å². The second kappa shape index (κ2) is 1.56. The van der Waals surface area contributed by atoms with Crippen LogP contribution in [0.5, 0.6) is 0 Å². The minimum absolute atomic E-state index is 0.0263. The highest BCUT2D eigenvalue weighted by Crippen LogP contribution is 3.10. The van der Waals surface area contributed by atoms with Crippen molar-refractivity contribution in [2.45, 2.75) is 0 Å². The molecule has 6 rings (SSSR count). The summed E-state index contributed by atoms with van der Waals surface area (Å²) in [7, 11) is 1.46. The molecule has 15 heavy (non-hydrogen) atoms. The number of esters is 1. The van der Waals surface area contributed by atoms with Crippen molar-refractivity contribution in [2.75, 3.05) is 7.11 Å². The lowest BCUT2D eigenvalue weighted by atomic mass is 8.92. The van der Waals surface area contributed by atoms with Gasteiger partial charge in [0.2, 0.25) is 5.24 Å². The number of carbonyl (C=O) groups excluding carboxylic acids is 2. The van der Waals surface area contributed by atoms with E-state index in [4.69, 9.17) is 16.3 Å². The van der Waals surface area contributed by atoms with Gasteiger partial charge >= 0.3 is 5.97 Å². The van der Waals surface area contributed by atoms with Gasteiger partial charge in [-0.2, -0.15) is 0 Å². The van der Waals surface area contributed by atoms with Gasteiger partial charge in [-0.25, -0.2) is 0 Å². The van der Waals surface area contributed by atoms with Crippen LogP contribution in [0.4, 0.5) is 0 Å². The van der Waals surface area contributed by atoms with Crippen molar-refractivity contribution >= 4 is 22.8 Å². The summed E-state index contributed by atoms with van der Waals surface area (Å²) >= 11 is 5.69. The summed E-state index contributed by atoms with van der Waals surface area (Å²) in [6, 6.07) is 0. The largest absolute Gasteiger partial charge is 0.469 e. The Morgan fingerprint density at radius 3 is 1.73 bits per heavy atom. The van der Waals surface area contributed by atoms with Crippen molar-refractivity contribution in [1.29, 1.82) is 0 Å². The fraction of sp³-hybridized carbons (Fsp3) is 0.818. The number of rotatable bonds is 2. The molecule has 0 spiro atoms. The first kappa shape index (κ1) is 7.66. The molecule has 0 aromatic carbocycles. The summed E-state index contributed by atoms with van der Waals surface area (Å²) in [5.74, 6) is 2.67. The van der Waals surface area contributed by atoms with E-state index in [9.17, 15) is 9.59 Å². The number of ether oxygens (including phenoxy) is 1. The molecular formula is C11H9ClO3. The van der Waals surface area contributed by atoms with Crippen molar-refractivity contribution in [3.63, 3.8) is 0 Å².